The highest BCUT2D eigenvalue weighted by atomic mass is 32.2. The lowest BCUT2D eigenvalue weighted by molar-refractivity contribution is -0.437. The van der Waals surface area contributed by atoms with Crippen LogP contribution in [0.3, 0.4) is 0 Å². The van der Waals surface area contributed by atoms with Gasteiger partial charge < -0.3 is 15.0 Å². The second-order valence-corrected chi connectivity index (χ2v) is 20.8. The number of amides is 1. The van der Waals surface area contributed by atoms with Crippen LogP contribution in [0.5, 0.6) is 0 Å². The molecule has 0 saturated carbocycles. The molecule has 3 N–H and O–H groups in total. The molecule has 0 radical (unpaired) electrons. The Bertz CT molecular complexity index is 3110. The second-order valence-electron chi connectivity index (χ2n) is 17.7. The Morgan fingerprint density at radius 3 is 2.11 bits per heavy atom. The molecular weight excluding hydrogens is 877 g/mol. The normalized spacial score (nSPS) is 16.3. The maximum atomic E-state index is 13.1. The van der Waals surface area contributed by atoms with Crippen LogP contribution < -0.4 is 10.2 Å². The van der Waals surface area contributed by atoms with Gasteiger partial charge in [-0.1, -0.05) is 81.1 Å². The quantitative estimate of drug-likeness (QED) is 0.0203. The summed E-state index contributed by atoms with van der Waals surface area (Å²) in [5.41, 5.74) is 6.41. The summed E-state index contributed by atoms with van der Waals surface area (Å²) in [6.07, 6.45) is 9.73. The molecule has 0 saturated heterocycles. The number of rotatable bonds is 17. The molecule has 4 aromatic carbocycles. The molecule has 15 heteroatoms. The number of ether oxygens (including phenoxy) is 1. The molecule has 344 valence electrons. The summed E-state index contributed by atoms with van der Waals surface area (Å²) in [4.78, 5) is 31.8. The van der Waals surface area contributed by atoms with E-state index in [1.807, 2.05) is 72.8 Å². The molecule has 1 amide bonds. The molecule has 0 fully saturated rings. The smallest absolute Gasteiger partial charge is 0.333 e. The number of benzene rings is 4. The number of allylic oxidation sites excluding steroid dienone is 6. The van der Waals surface area contributed by atoms with Crippen molar-refractivity contribution in [3.05, 3.63) is 156 Å². The Kier molecular flexibility index (Phi) is 13.7. The van der Waals surface area contributed by atoms with Crippen LogP contribution in [0, 0.1) is 0 Å². The van der Waals surface area contributed by atoms with Gasteiger partial charge in [0.1, 0.15) is 13.2 Å². The summed E-state index contributed by atoms with van der Waals surface area (Å²) in [5.74, 6) is -1.76. The van der Waals surface area contributed by atoms with Gasteiger partial charge in [0.25, 0.3) is 26.1 Å². The number of esters is 1. The van der Waals surface area contributed by atoms with Crippen molar-refractivity contribution in [3.63, 3.8) is 0 Å². The van der Waals surface area contributed by atoms with Crippen molar-refractivity contribution >= 4 is 76.3 Å². The van der Waals surface area contributed by atoms with Crippen molar-refractivity contribution in [2.24, 2.45) is 0 Å². The lowest BCUT2D eigenvalue weighted by Gasteiger charge is -2.27. The van der Waals surface area contributed by atoms with Gasteiger partial charge in [-0.25, -0.2) is 4.79 Å². The van der Waals surface area contributed by atoms with Gasteiger partial charge in [-0.15, -0.1) is 0 Å². The third-order valence-corrected chi connectivity index (χ3v) is 13.8. The number of fused-ring (bicyclic) bond motifs is 6. The van der Waals surface area contributed by atoms with Crippen LogP contribution in [0.2, 0.25) is 0 Å². The molecule has 0 unspecified atom stereocenters. The van der Waals surface area contributed by atoms with Crippen LogP contribution in [0.25, 0.3) is 27.1 Å². The van der Waals surface area contributed by atoms with Crippen molar-refractivity contribution in [1.29, 1.82) is 0 Å². The lowest BCUT2D eigenvalue weighted by Crippen LogP contribution is -2.28. The predicted molar refractivity (Wildman–Crippen MR) is 261 cm³/mol. The average molecular weight is 932 g/mol. The van der Waals surface area contributed by atoms with E-state index in [4.69, 9.17) is 9.72 Å². The van der Waals surface area contributed by atoms with Gasteiger partial charge in [0, 0.05) is 64.8 Å². The Balaban J connectivity index is 1.34. The minimum atomic E-state index is -4.21. The van der Waals surface area contributed by atoms with Gasteiger partial charge in [0.05, 0.1) is 34.7 Å². The molecule has 0 spiro atoms. The second kappa shape index (κ2) is 18.9. The van der Waals surface area contributed by atoms with E-state index in [1.165, 1.54) is 6.20 Å². The number of anilines is 1. The Hall–Kier alpha value is -6.26. The van der Waals surface area contributed by atoms with Crippen molar-refractivity contribution in [3.8, 4) is 0 Å². The van der Waals surface area contributed by atoms with Crippen LogP contribution in [0.1, 0.15) is 74.6 Å². The Labute approximate surface area is 386 Å². The van der Waals surface area contributed by atoms with Crippen molar-refractivity contribution < 1.29 is 44.8 Å². The number of aromatic nitrogens is 1. The van der Waals surface area contributed by atoms with Gasteiger partial charge in [-0.3, -0.25) is 18.9 Å². The van der Waals surface area contributed by atoms with E-state index >= 15 is 0 Å². The molecule has 5 aromatic rings. The van der Waals surface area contributed by atoms with Gasteiger partial charge in [-0.05, 0) is 90.7 Å². The van der Waals surface area contributed by atoms with E-state index in [-0.39, 0.29) is 37.1 Å². The van der Waals surface area contributed by atoms with E-state index in [0.717, 1.165) is 55.5 Å². The van der Waals surface area contributed by atoms with Crippen LogP contribution >= 0.6 is 0 Å². The van der Waals surface area contributed by atoms with Crippen LogP contribution in [-0.4, -0.2) is 90.8 Å². The van der Waals surface area contributed by atoms with Gasteiger partial charge in [0.15, 0.2) is 5.71 Å². The molecule has 2 aliphatic rings. The molecule has 2 aliphatic heterocycles. The first-order valence-electron chi connectivity index (χ1n) is 21.7. The summed E-state index contributed by atoms with van der Waals surface area (Å²) in [5, 5.41) is 7.01. The molecule has 7 rings (SSSR count). The van der Waals surface area contributed by atoms with E-state index in [9.17, 15) is 35.5 Å². The standard InChI is InChI=1S/C51H54N4O9S2/c1-34(2)49(57)64-30-27-52-48(56)38-17-22-41(53-33-38)37(20-25-44-50(3,4)46-39-15-9-7-13-35(39)18-23-42(46)54(44)28-11-31-65(58,59)60)21-26-45-51(5,6)47-40-16-10-8-14-36(40)19-24-43(47)55(45)29-12-32-66(61,62)63/h7-10,13-26,33H,1,11-12,27-32H2,2-6H3,(H2-,52,56,58,59,60,61,62,63)/p+1. The third-order valence-electron chi connectivity index (χ3n) is 12.2. The zero-order chi connectivity index (χ0) is 47.6. The lowest BCUT2D eigenvalue weighted by atomic mass is 9.79. The molecule has 0 atom stereocenters. The van der Waals surface area contributed by atoms with E-state index in [0.29, 0.717) is 24.4 Å². The number of hydrogen-bond acceptors (Lipinski definition) is 9. The maximum absolute atomic E-state index is 13.1. The van der Waals surface area contributed by atoms with Crippen molar-refractivity contribution in [2.75, 3.05) is 42.6 Å². The summed E-state index contributed by atoms with van der Waals surface area (Å²) in [6.45, 7) is 14.3. The summed E-state index contributed by atoms with van der Waals surface area (Å²) < 4.78 is 74.1. The zero-order valence-corrected chi connectivity index (χ0v) is 39.4. The monoisotopic (exact) mass is 931 g/mol. The van der Waals surface area contributed by atoms with Crippen LogP contribution in [-0.2, 0) is 40.6 Å². The number of nitrogens with one attached hydrogen (secondary N) is 1. The highest BCUT2D eigenvalue weighted by molar-refractivity contribution is 7.86. The van der Waals surface area contributed by atoms with E-state index < -0.39 is 54.4 Å². The molecule has 66 heavy (non-hydrogen) atoms. The molecular formula is C51H55N4O9S2+. The minimum absolute atomic E-state index is 0.0280. The Morgan fingerprint density at radius 2 is 1.47 bits per heavy atom. The number of carbonyl (C=O) groups is 2. The highest BCUT2D eigenvalue weighted by Gasteiger charge is 2.46. The zero-order valence-electron chi connectivity index (χ0n) is 37.7. The van der Waals surface area contributed by atoms with E-state index in [2.05, 4.69) is 73.3 Å². The number of hydrogen-bond donors (Lipinski definition) is 3. The average Bonchev–Trinajstić information content (AvgIpc) is 3.62. The molecule has 0 aliphatic carbocycles. The first-order chi connectivity index (χ1) is 31.2. The fourth-order valence-corrected chi connectivity index (χ4v) is 10.1. The fourth-order valence-electron chi connectivity index (χ4n) is 9.16. The number of pyridine rings is 1. The molecule has 1 aromatic heterocycles. The van der Waals surface area contributed by atoms with Crippen molar-refractivity contribution in [1.82, 2.24) is 10.3 Å². The minimum Gasteiger partial charge on any atom is -0.460 e. The SMILES string of the molecule is C=C(C)C(=O)OCCNC(=O)c1ccc(C(=C\C=C2\N(CCCS(=O)(=O)O)c3ccc4ccccc4c3C2(C)C)/C=C/C2=[N+](CCCS(=O)(=O)O)c3ccc4ccccc4c3C2(C)C)nc1. The third kappa shape index (κ3) is 10.2. The highest BCUT2D eigenvalue weighted by Crippen LogP contribution is 2.51. The number of nitrogens with zero attached hydrogens (tertiary/aromatic N) is 3. The number of carbonyl (C=O) groups excluding carboxylic acids is 2. The van der Waals surface area contributed by atoms with Gasteiger partial charge in [-0.2, -0.15) is 21.4 Å². The summed E-state index contributed by atoms with van der Waals surface area (Å²) in [6, 6.07) is 27.8. The van der Waals surface area contributed by atoms with Crippen LogP contribution in [0.4, 0.5) is 11.4 Å². The molecule has 3 heterocycles. The summed E-state index contributed by atoms with van der Waals surface area (Å²) >= 11 is 0. The molecule has 0 bridgehead atoms. The van der Waals surface area contributed by atoms with Crippen molar-refractivity contribution in [2.45, 2.75) is 58.3 Å². The maximum Gasteiger partial charge on any atom is 0.333 e. The molecule has 13 nitrogen and oxygen atoms in total. The topological polar surface area (TPSA) is 183 Å². The first kappa shape index (κ1) is 47.7. The van der Waals surface area contributed by atoms with Gasteiger partial charge >= 0.3 is 5.97 Å². The fraction of sp³-hybridized carbons (Fsp3) is 0.294. The first-order valence-corrected chi connectivity index (χ1v) is 24.9. The van der Waals surface area contributed by atoms with E-state index in [1.54, 1.807) is 19.1 Å². The Morgan fingerprint density at radius 1 is 0.833 bits per heavy atom. The van der Waals surface area contributed by atoms with Gasteiger partial charge in [0.2, 0.25) is 5.69 Å². The summed E-state index contributed by atoms with van der Waals surface area (Å²) in [7, 11) is -8.42. The van der Waals surface area contributed by atoms with Crippen LogP contribution in [0.15, 0.2) is 133 Å². The predicted octanol–water partition coefficient (Wildman–Crippen LogP) is 8.49. The largest absolute Gasteiger partial charge is 0.460 e.